The Morgan fingerprint density at radius 2 is 2.06 bits per heavy atom. The van der Waals surface area contributed by atoms with Crippen molar-refractivity contribution in [2.24, 2.45) is 11.7 Å². The molecule has 0 amide bonds. The number of nitrogens with two attached hydrogens (primary N) is 1. The summed E-state index contributed by atoms with van der Waals surface area (Å²) >= 11 is 3.10. The summed E-state index contributed by atoms with van der Waals surface area (Å²) in [6, 6.07) is 4.34. The predicted octanol–water partition coefficient (Wildman–Crippen LogP) is 2.78. The molecule has 90 valence electrons. The summed E-state index contributed by atoms with van der Waals surface area (Å²) in [5.74, 6) is -0.122. The summed E-state index contributed by atoms with van der Waals surface area (Å²) in [6.07, 6.45) is 1.35. The van der Waals surface area contributed by atoms with Crippen LogP contribution in [0, 0.1) is 11.7 Å². The number of hydrogen-bond acceptors (Lipinski definition) is 2. The predicted molar refractivity (Wildman–Crippen MR) is 67.0 cm³/mol. The second-order valence-corrected chi connectivity index (χ2v) is 4.85. The molecule has 1 aliphatic carbocycles. The third kappa shape index (κ3) is 2.74. The summed E-state index contributed by atoms with van der Waals surface area (Å²) in [7, 11) is 0. The van der Waals surface area contributed by atoms with Crippen molar-refractivity contribution in [3.05, 3.63) is 34.1 Å². The summed E-state index contributed by atoms with van der Waals surface area (Å²) in [5, 5.41) is 9.82. The number of halogens is 3. The van der Waals surface area contributed by atoms with Gasteiger partial charge in [-0.1, -0.05) is 12.1 Å². The fraction of sp³-hybridized carbons (Fsp3) is 0.455. The molecule has 0 aliphatic heterocycles. The highest BCUT2D eigenvalue weighted by atomic mass is 79.9. The minimum absolute atomic E-state index is 0. The second-order valence-electron chi connectivity index (χ2n) is 4.00. The van der Waals surface area contributed by atoms with Crippen molar-refractivity contribution in [2.45, 2.75) is 25.0 Å². The third-order valence-electron chi connectivity index (χ3n) is 2.81. The number of aliphatic hydroxyl groups is 1. The van der Waals surface area contributed by atoms with Gasteiger partial charge in [0.05, 0.1) is 16.6 Å². The zero-order valence-electron chi connectivity index (χ0n) is 8.57. The lowest BCUT2D eigenvalue weighted by Crippen LogP contribution is -2.28. The lowest BCUT2D eigenvalue weighted by molar-refractivity contribution is 0.121. The van der Waals surface area contributed by atoms with Gasteiger partial charge in [0.1, 0.15) is 5.82 Å². The summed E-state index contributed by atoms with van der Waals surface area (Å²) in [5.41, 5.74) is 6.22. The van der Waals surface area contributed by atoms with Gasteiger partial charge in [0.2, 0.25) is 0 Å². The van der Waals surface area contributed by atoms with Crippen molar-refractivity contribution in [2.75, 3.05) is 0 Å². The fourth-order valence-electron chi connectivity index (χ4n) is 1.69. The molecule has 1 aromatic rings. The average molecular weight is 311 g/mol. The Morgan fingerprint density at radius 3 is 2.62 bits per heavy atom. The van der Waals surface area contributed by atoms with Gasteiger partial charge in [-0.05, 0) is 40.8 Å². The van der Waals surface area contributed by atoms with E-state index in [-0.39, 0.29) is 24.1 Å². The first-order valence-corrected chi connectivity index (χ1v) is 5.78. The first-order valence-electron chi connectivity index (χ1n) is 4.99. The van der Waals surface area contributed by atoms with Crippen molar-refractivity contribution >= 4 is 28.3 Å². The Bertz CT molecular complexity index is 373. The largest absolute Gasteiger partial charge is 0.391 e. The normalized spacial score (nSPS) is 18.8. The molecule has 1 aliphatic rings. The monoisotopic (exact) mass is 309 g/mol. The number of aliphatic hydroxyl groups excluding tert-OH is 1. The van der Waals surface area contributed by atoms with Crippen LogP contribution in [0.15, 0.2) is 22.7 Å². The molecular formula is C11H14BrClFNO. The molecule has 5 heteroatoms. The SMILES string of the molecule is Cl.N[C@@H](c1cccc(Br)c1F)[C@H](O)C1CC1. The number of rotatable bonds is 3. The third-order valence-corrected chi connectivity index (χ3v) is 3.43. The number of hydrogen-bond donors (Lipinski definition) is 2. The topological polar surface area (TPSA) is 46.2 Å². The zero-order chi connectivity index (χ0) is 11.0. The Hall–Kier alpha value is -0.160. The van der Waals surface area contributed by atoms with Gasteiger partial charge < -0.3 is 10.8 Å². The number of benzene rings is 1. The van der Waals surface area contributed by atoms with Crippen molar-refractivity contribution in [3.63, 3.8) is 0 Å². The smallest absolute Gasteiger partial charge is 0.142 e. The van der Waals surface area contributed by atoms with E-state index in [1.54, 1.807) is 18.2 Å². The van der Waals surface area contributed by atoms with E-state index in [2.05, 4.69) is 15.9 Å². The second kappa shape index (κ2) is 5.45. The molecule has 0 bridgehead atoms. The van der Waals surface area contributed by atoms with E-state index in [1.807, 2.05) is 0 Å². The van der Waals surface area contributed by atoms with Crippen molar-refractivity contribution in [1.82, 2.24) is 0 Å². The Kier molecular flexibility index (Phi) is 4.73. The van der Waals surface area contributed by atoms with Gasteiger partial charge in [0.15, 0.2) is 0 Å². The first kappa shape index (κ1) is 13.9. The fourth-order valence-corrected chi connectivity index (χ4v) is 2.07. The Morgan fingerprint density at radius 1 is 1.44 bits per heavy atom. The molecular weight excluding hydrogens is 296 g/mol. The van der Waals surface area contributed by atoms with Crippen molar-refractivity contribution in [1.29, 1.82) is 0 Å². The van der Waals surface area contributed by atoms with Gasteiger partial charge >= 0.3 is 0 Å². The first-order chi connectivity index (χ1) is 7.11. The van der Waals surface area contributed by atoms with Crippen LogP contribution in [-0.4, -0.2) is 11.2 Å². The van der Waals surface area contributed by atoms with Gasteiger partial charge in [-0.2, -0.15) is 0 Å². The van der Waals surface area contributed by atoms with Crippen LogP contribution in [0.1, 0.15) is 24.4 Å². The molecule has 16 heavy (non-hydrogen) atoms. The van der Waals surface area contributed by atoms with E-state index in [0.29, 0.717) is 10.0 Å². The van der Waals surface area contributed by atoms with Crippen LogP contribution in [0.4, 0.5) is 4.39 Å². The standard InChI is InChI=1S/C11H13BrFNO.ClH/c12-8-3-1-2-7(9(8)13)10(14)11(15)6-4-5-6;/h1-3,6,10-11,15H,4-5,14H2;1H/t10-,11+;/m0./s1. The quantitative estimate of drug-likeness (QED) is 0.902. The highest BCUT2D eigenvalue weighted by molar-refractivity contribution is 9.10. The van der Waals surface area contributed by atoms with Crippen molar-refractivity contribution < 1.29 is 9.50 Å². The van der Waals surface area contributed by atoms with E-state index in [9.17, 15) is 9.50 Å². The van der Waals surface area contributed by atoms with E-state index in [0.717, 1.165) is 12.8 Å². The summed E-state index contributed by atoms with van der Waals surface area (Å²) in [6.45, 7) is 0. The lowest BCUT2D eigenvalue weighted by atomic mass is 9.99. The molecule has 0 unspecified atom stereocenters. The van der Waals surface area contributed by atoms with Crippen LogP contribution < -0.4 is 5.73 Å². The zero-order valence-corrected chi connectivity index (χ0v) is 11.0. The molecule has 0 radical (unpaired) electrons. The molecule has 1 fully saturated rings. The van der Waals surface area contributed by atoms with E-state index in [4.69, 9.17) is 5.73 Å². The van der Waals surface area contributed by atoms with Crippen LogP contribution in [0.2, 0.25) is 0 Å². The Balaban J connectivity index is 0.00000128. The van der Waals surface area contributed by atoms with Crippen LogP contribution in [-0.2, 0) is 0 Å². The van der Waals surface area contributed by atoms with Crippen molar-refractivity contribution in [3.8, 4) is 0 Å². The molecule has 1 saturated carbocycles. The molecule has 0 heterocycles. The molecule has 2 rings (SSSR count). The van der Waals surface area contributed by atoms with Gasteiger partial charge in [0.25, 0.3) is 0 Å². The van der Waals surface area contributed by atoms with E-state index in [1.165, 1.54) is 0 Å². The summed E-state index contributed by atoms with van der Waals surface area (Å²) in [4.78, 5) is 0. The molecule has 2 atom stereocenters. The molecule has 0 spiro atoms. The average Bonchev–Trinajstić information content (AvgIpc) is 3.03. The highest BCUT2D eigenvalue weighted by Crippen LogP contribution is 2.38. The van der Waals surface area contributed by atoms with Gasteiger partial charge in [-0.3, -0.25) is 0 Å². The van der Waals surface area contributed by atoms with Gasteiger partial charge in [0, 0.05) is 5.56 Å². The minimum Gasteiger partial charge on any atom is -0.391 e. The molecule has 3 N–H and O–H groups in total. The van der Waals surface area contributed by atoms with E-state index < -0.39 is 12.1 Å². The lowest BCUT2D eigenvalue weighted by Gasteiger charge is -2.19. The van der Waals surface area contributed by atoms with Crippen LogP contribution >= 0.6 is 28.3 Å². The minimum atomic E-state index is -0.631. The Labute approximate surface area is 109 Å². The van der Waals surface area contributed by atoms with Crippen LogP contribution in [0.25, 0.3) is 0 Å². The maximum Gasteiger partial charge on any atom is 0.142 e. The molecule has 0 aromatic heterocycles. The highest BCUT2D eigenvalue weighted by Gasteiger charge is 2.35. The molecule has 2 nitrogen and oxygen atoms in total. The van der Waals surface area contributed by atoms with Gasteiger partial charge in [-0.25, -0.2) is 4.39 Å². The maximum atomic E-state index is 13.7. The summed E-state index contributed by atoms with van der Waals surface area (Å²) < 4.78 is 14.0. The maximum absolute atomic E-state index is 13.7. The van der Waals surface area contributed by atoms with Crippen LogP contribution in [0.5, 0.6) is 0 Å². The van der Waals surface area contributed by atoms with Gasteiger partial charge in [-0.15, -0.1) is 12.4 Å². The molecule has 1 aromatic carbocycles. The van der Waals surface area contributed by atoms with E-state index >= 15 is 0 Å². The molecule has 0 saturated heterocycles. The van der Waals surface area contributed by atoms with Crippen LogP contribution in [0.3, 0.4) is 0 Å².